The Hall–Kier alpha value is -1.29. The van der Waals surface area contributed by atoms with Crippen LogP contribution in [0.5, 0.6) is 5.75 Å². The molecular weight excluding hydrogens is 284 g/mol. The van der Waals surface area contributed by atoms with Crippen molar-refractivity contribution >= 4 is 28.0 Å². The topological polar surface area (TPSA) is 46.5 Å². The Balaban J connectivity index is 2.16. The molecule has 3 nitrogen and oxygen atoms in total. The number of para-hydroxylation sites is 1. The normalized spacial score (nSPS) is 15.1. The summed E-state index contributed by atoms with van der Waals surface area (Å²) in [4.78, 5) is 10.5. The van der Waals surface area contributed by atoms with Gasteiger partial charge in [0.1, 0.15) is 5.75 Å². The predicted molar refractivity (Wildman–Crippen MR) is 69.0 cm³/mol. The lowest BCUT2D eigenvalue weighted by Gasteiger charge is -2.10. The van der Waals surface area contributed by atoms with Crippen LogP contribution in [0.3, 0.4) is 0 Å². The van der Waals surface area contributed by atoms with Gasteiger partial charge in [-0.1, -0.05) is 12.1 Å². The molecule has 1 aromatic carbocycles. The van der Waals surface area contributed by atoms with Crippen molar-refractivity contribution < 1.29 is 14.6 Å². The van der Waals surface area contributed by atoms with Crippen molar-refractivity contribution in [3.63, 3.8) is 0 Å². The van der Waals surface area contributed by atoms with E-state index in [-0.39, 0.29) is 0 Å². The molecule has 1 aliphatic carbocycles. The van der Waals surface area contributed by atoms with Crippen LogP contribution in [0.1, 0.15) is 18.4 Å². The molecule has 0 spiro atoms. The number of carbonyl (C=O) groups is 1. The Morgan fingerprint density at radius 3 is 2.94 bits per heavy atom. The number of carboxylic acids is 1. The molecule has 0 atom stereocenters. The van der Waals surface area contributed by atoms with Crippen LogP contribution in [0.2, 0.25) is 0 Å². The zero-order valence-corrected chi connectivity index (χ0v) is 10.8. The highest BCUT2D eigenvalue weighted by Gasteiger charge is 2.22. The van der Waals surface area contributed by atoms with Crippen molar-refractivity contribution in [1.82, 2.24) is 0 Å². The first-order valence-electron chi connectivity index (χ1n) is 5.49. The van der Waals surface area contributed by atoms with Gasteiger partial charge in [0.2, 0.25) is 0 Å². The van der Waals surface area contributed by atoms with Crippen LogP contribution in [0.4, 0.5) is 0 Å². The van der Waals surface area contributed by atoms with E-state index in [1.54, 1.807) is 6.08 Å². The van der Waals surface area contributed by atoms with Crippen LogP contribution in [-0.2, 0) is 4.79 Å². The highest BCUT2D eigenvalue weighted by atomic mass is 79.9. The van der Waals surface area contributed by atoms with E-state index in [0.29, 0.717) is 12.5 Å². The fourth-order valence-corrected chi connectivity index (χ4v) is 1.95. The first-order chi connectivity index (χ1) is 8.16. The Labute approximate surface area is 108 Å². The highest BCUT2D eigenvalue weighted by Crippen LogP contribution is 2.34. The maximum Gasteiger partial charge on any atom is 0.328 e. The van der Waals surface area contributed by atoms with Crippen LogP contribution in [-0.4, -0.2) is 17.7 Å². The molecule has 1 aromatic rings. The number of benzene rings is 1. The molecule has 1 saturated carbocycles. The zero-order chi connectivity index (χ0) is 12.3. The number of hydrogen-bond acceptors (Lipinski definition) is 2. The van der Waals surface area contributed by atoms with Gasteiger partial charge in [-0.05, 0) is 46.8 Å². The average Bonchev–Trinajstić information content (AvgIpc) is 3.08. The summed E-state index contributed by atoms with van der Waals surface area (Å²) in [6.45, 7) is 0.705. The first kappa shape index (κ1) is 12.2. The number of carboxylic acid groups (broad SMARTS) is 1. The van der Waals surface area contributed by atoms with Crippen LogP contribution < -0.4 is 4.74 Å². The molecule has 0 unspecified atom stereocenters. The van der Waals surface area contributed by atoms with E-state index in [1.165, 1.54) is 12.8 Å². The molecule has 0 heterocycles. The second kappa shape index (κ2) is 5.36. The second-order valence-electron chi connectivity index (χ2n) is 4.08. The molecule has 0 amide bonds. The minimum absolute atomic E-state index is 0.665. The van der Waals surface area contributed by atoms with Crippen LogP contribution in [0, 0.1) is 5.92 Å². The summed E-state index contributed by atoms with van der Waals surface area (Å²) in [5, 5.41) is 8.62. The van der Waals surface area contributed by atoms with Crippen molar-refractivity contribution in [3.8, 4) is 5.75 Å². The summed E-state index contributed by atoms with van der Waals surface area (Å²) in [7, 11) is 0. The molecule has 1 fully saturated rings. The number of rotatable bonds is 5. The van der Waals surface area contributed by atoms with Crippen molar-refractivity contribution in [1.29, 1.82) is 0 Å². The molecule has 17 heavy (non-hydrogen) atoms. The fraction of sp³-hybridized carbons (Fsp3) is 0.308. The summed E-state index contributed by atoms with van der Waals surface area (Å²) < 4.78 is 6.59. The summed E-state index contributed by atoms with van der Waals surface area (Å²) in [6, 6.07) is 5.59. The molecule has 1 N–H and O–H groups in total. The minimum Gasteiger partial charge on any atom is -0.491 e. The number of aliphatic carboxylic acids is 1. The van der Waals surface area contributed by atoms with E-state index in [1.807, 2.05) is 18.2 Å². The molecule has 0 aliphatic heterocycles. The van der Waals surface area contributed by atoms with Gasteiger partial charge in [-0.2, -0.15) is 0 Å². The summed E-state index contributed by atoms with van der Waals surface area (Å²) in [6.07, 6.45) is 5.12. The smallest absolute Gasteiger partial charge is 0.328 e. The van der Waals surface area contributed by atoms with E-state index in [9.17, 15) is 4.79 Å². The lowest BCUT2D eigenvalue weighted by Crippen LogP contribution is -2.01. The van der Waals surface area contributed by atoms with Gasteiger partial charge in [0.15, 0.2) is 0 Å². The molecule has 2 rings (SSSR count). The molecule has 0 bridgehead atoms. The Kier molecular flexibility index (Phi) is 3.84. The van der Waals surface area contributed by atoms with Gasteiger partial charge >= 0.3 is 5.97 Å². The molecule has 0 saturated heterocycles. The number of ether oxygens (including phenoxy) is 1. The highest BCUT2D eigenvalue weighted by molar-refractivity contribution is 9.10. The summed E-state index contributed by atoms with van der Waals surface area (Å²) in [5.74, 6) is 0.424. The zero-order valence-electron chi connectivity index (χ0n) is 9.23. The molecule has 90 valence electrons. The predicted octanol–water partition coefficient (Wildman–Crippen LogP) is 3.34. The summed E-state index contributed by atoms with van der Waals surface area (Å²) >= 11 is 3.42. The van der Waals surface area contributed by atoms with Gasteiger partial charge < -0.3 is 9.84 Å². The fourth-order valence-electron chi connectivity index (χ4n) is 1.46. The third kappa shape index (κ3) is 3.60. The molecular formula is C13H13BrO3. The first-order valence-corrected chi connectivity index (χ1v) is 6.28. The second-order valence-corrected chi connectivity index (χ2v) is 4.94. The van der Waals surface area contributed by atoms with Crippen molar-refractivity contribution in [2.75, 3.05) is 6.61 Å². The monoisotopic (exact) mass is 296 g/mol. The maximum atomic E-state index is 10.5. The van der Waals surface area contributed by atoms with Crippen LogP contribution in [0.15, 0.2) is 28.7 Å². The molecule has 4 heteroatoms. The van der Waals surface area contributed by atoms with E-state index in [2.05, 4.69) is 15.9 Å². The quantitative estimate of drug-likeness (QED) is 0.848. The standard InChI is InChI=1S/C13H13BrO3/c14-11-3-1-2-10(6-7-12(15)16)13(11)17-8-9-4-5-9/h1-3,6-7,9H,4-5,8H2,(H,15,16)/b7-6+. The minimum atomic E-state index is -0.960. The van der Waals surface area contributed by atoms with Gasteiger partial charge in [-0.25, -0.2) is 4.79 Å². The summed E-state index contributed by atoms with van der Waals surface area (Å²) in [5.41, 5.74) is 0.780. The third-order valence-corrected chi connectivity index (χ3v) is 3.19. The SMILES string of the molecule is O=C(O)/C=C/c1cccc(Br)c1OCC1CC1. The van der Waals surface area contributed by atoms with E-state index in [0.717, 1.165) is 21.9 Å². The lowest BCUT2D eigenvalue weighted by molar-refractivity contribution is -0.131. The van der Waals surface area contributed by atoms with Gasteiger partial charge in [-0.3, -0.25) is 0 Å². The van der Waals surface area contributed by atoms with Gasteiger partial charge in [0.05, 0.1) is 11.1 Å². The van der Waals surface area contributed by atoms with Crippen molar-refractivity contribution in [2.24, 2.45) is 5.92 Å². The van der Waals surface area contributed by atoms with Gasteiger partial charge in [0, 0.05) is 11.6 Å². The van der Waals surface area contributed by atoms with Crippen molar-refractivity contribution in [3.05, 3.63) is 34.3 Å². The van der Waals surface area contributed by atoms with Gasteiger partial charge in [-0.15, -0.1) is 0 Å². The van der Waals surface area contributed by atoms with E-state index >= 15 is 0 Å². The van der Waals surface area contributed by atoms with Crippen LogP contribution in [0.25, 0.3) is 6.08 Å². The van der Waals surface area contributed by atoms with E-state index in [4.69, 9.17) is 9.84 Å². The average molecular weight is 297 g/mol. The Bertz CT molecular complexity index is 450. The number of hydrogen-bond donors (Lipinski definition) is 1. The molecule has 1 aliphatic rings. The third-order valence-electron chi connectivity index (χ3n) is 2.56. The lowest BCUT2D eigenvalue weighted by atomic mass is 10.2. The van der Waals surface area contributed by atoms with Crippen LogP contribution >= 0.6 is 15.9 Å². The van der Waals surface area contributed by atoms with Gasteiger partial charge in [0.25, 0.3) is 0 Å². The largest absolute Gasteiger partial charge is 0.491 e. The maximum absolute atomic E-state index is 10.5. The van der Waals surface area contributed by atoms with Crippen molar-refractivity contribution in [2.45, 2.75) is 12.8 Å². The Morgan fingerprint density at radius 2 is 2.29 bits per heavy atom. The Morgan fingerprint density at radius 1 is 1.53 bits per heavy atom. The molecule has 0 aromatic heterocycles. The molecule has 0 radical (unpaired) electrons. The van der Waals surface area contributed by atoms with E-state index < -0.39 is 5.97 Å². The number of halogens is 1.